The van der Waals surface area contributed by atoms with Gasteiger partial charge in [-0.05, 0) is 32.8 Å². The second-order valence-electron chi connectivity index (χ2n) is 6.31. The van der Waals surface area contributed by atoms with Gasteiger partial charge in [-0.25, -0.2) is 4.79 Å². The molecule has 0 aromatic heterocycles. The summed E-state index contributed by atoms with van der Waals surface area (Å²) in [6, 6.07) is 5.71. The van der Waals surface area contributed by atoms with E-state index in [9.17, 15) is 4.79 Å². The highest BCUT2D eigenvalue weighted by Crippen LogP contribution is 2.40. The predicted molar refractivity (Wildman–Crippen MR) is 82.5 cm³/mol. The summed E-state index contributed by atoms with van der Waals surface area (Å²) < 4.78 is 11.0. The number of para-hydroxylation sites is 1. The highest BCUT2D eigenvalue weighted by Gasteiger charge is 2.35. The molecule has 0 saturated carbocycles. The normalized spacial score (nSPS) is 18.5. The van der Waals surface area contributed by atoms with Crippen molar-refractivity contribution in [2.45, 2.75) is 58.2 Å². The lowest BCUT2D eigenvalue weighted by atomic mass is 9.97. The number of esters is 1. The predicted octanol–water partition coefficient (Wildman–Crippen LogP) is 3.00. The summed E-state index contributed by atoms with van der Waals surface area (Å²) in [5.74, 6) is 0.547. The number of methoxy groups -OCH3 is 1. The van der Waals surface area contributed by atoms with Crippen molar-refractivity contribution in [2.24, 2.45) is 0 Å². The van der Waals surface area contributed by atoms with Crippen molar-refractivity contribution in [3.8, 4) is 5.75 Å². The molecule has 1 aromatic carbocycles. The molecule has 2 unspecified atom stereocenters. The SMILES string of the molecule is CCC(C)NC(C(=O)OC)c1cccc2c1OC(C)(C)C2. The van der Waals surface area contributed by atoms with E-state index in [0.29, 0.717) is 0 Å². The summed E-state index contributed by atoms with van der Waals surface area (Å²) in [6.07, 6.45) is 1.79. The zero-order valence-electron chi connectivity index (χ0n) is 13.5. The number of hydrogen-bond acceptors (Lipinski definition) is 4. The van der Waals surface area contributed by atoms with Crippen molar-refractivity contribution in [3.05, 3.63) is 29.3 Å². The molecule has 116 valence electrons. The Morgan fingerprint density at radius 2 is 2.19 bits per heavy atom. The van der Waals surface area contributed by atoms with Gasteiger partial charge in [0.15, 0.2) is 0 Å². The van der Waals surface area contributed by atoms with E-state index in [1.165, 1.54) is 7.11 Å². The molecule has 4 nitrogen and oxygen atoms in total. The van der Waals surface area contributed by atoms with Crippen LogP contribution in [0.2, 0.25) is 0 Å². The van der Waals surface area contributed by atoms with Gasteiger partial charge in [-0.2, -0.15) is 0 Å². The molecule has 1 aliphatic rings. The quantitative estimate of drug-likeness (QED) is 0.847. The number of fused-ring (bicyclic) bond motifs is 1. The first-order valence-electron chi connectivity index (χ1n) is 7.52. The third kappa shape index (κ3) is 3.38. The first-order valence-corrected chi connectivity index (χ1v) is 7.52. The lowest BCUT2D eigenvalue weighted by Crippen LogP contribution is -2.36. The van der Waals surface area contributed by atoms with Crippen molar-refractivity contribution in [1.29, 1.82) is 0 Å². The molecule has 0 aliphatic carbocycles. The minimum absolute atomic E-state index is 0.222. The van der Waals surface area contributed by atoms with Gasteiger partial charge in [-0.15, -0.1) is 0 Å². The summed E-state index contributed by atoms with van der Waals surface area (Å²) in [5, 5.41) is 3.34. The number of hydrogen-bond donors (Lipinski definition) is 1. The topological polar surface area (TPSA) is 47.6 Å². The molecular formula is C17H25NO3. The number of benzene rings is 1. The van der Waals surface area contributed by atoms with Crippen LogP contribution >= 0.6 is 0 Å². The van der Waals surface area contributed by atoms with Crippen LogP contribution < -0.4 is 10.1 Å². The maximum absolute atomic E-state index is 12.2. The highest BCUT2D eigenvalue weighted by molar-refractivity contribution is 5.79. The van der Waals surface area contributed by atoms with E-state index in [1.807, 2.05) is 12.1 Å². The number of carbonyl (C=O) groups is 1. The van der Waals surface area contributed by atoms with E-state index in [0.717, 1.165) is 29.7 Å². The number of carbonyl (C=O) groups excluding carboxylic acids is 1. The zero-order chi connectivity index (χ0) is 15.6. The Morgan fingerprint density at radius 1 is 1.48 bits per heavy atom. The average Bonchev–Trinajstić information content (AvgIpc) is 2.77. The molecule has 1 aromatic rings. The molecule has 0 spiro atoms. The van der Waals surface area contributed by atoms with Gasteiger partial charge in [0.2, 0.25) is 0 Å². The monoisotopic (exact) mass is 291 g/mol. The molecular weight excluding hydrogens is 266 g/mol. The third-order valence-electron chi connectivity index (χ3n) is 3.93. The van der Waals surface area contributed by atoms with E-state index in [2.05, 4.69) is 39.1 Å². The lowest BCUT2D eigenvalue weighted by molar-refractivity contribution is -0.143. The molecule has 0 radical (unpaired) electrons. The molecule has 0 saturated heterocycles. The molecule has 1 aliphatic heterocycles. The fourth-order valence-corrected chi connectivity index (χ4v) is 2.67. The molecule has 1 N–H and O–H groups in total. The minimum atomic E-state index is -0.492. The van der Waals surface area contributed by atoms with E-state index in [4.69, 9.17) is 9.47 Å². The molecule has 1 heterocycles. The molecule has 0 bridgehead atoms. The van der Waals surface area contributed by atoms with Gasteiger partial charge in [-0.3, -0.25) is 5.32 Å². The van der Waals surface area contributed by atoms with Crippen LogP contribution in [0, 0.1) is 0 Å². The number of rotatable bonds is 5. The van der Waals surface area contributed by atoms with Crippen LogP contribution in [0.5, 0.6) is 5.75 Å². The second-order valence-corrected chi connectivity index (χ2v) is 6.31. The average molecular weight is 291 g/mol. The molecule has 4 heteroatoms. The summed E-state index contributed by atoms with van der Waals surface area (Å²) in [7, 11) is 1.42. The van der Waals surface area contributed by atoms with Crippen LogP contribution in [0.25, 0.3) is 0 Å². The van der Waals surface area contributed by atoms with Crippen molar-refractivity contribution in [3.63, 3.8) is 0 Å². The van der Waals surface area contributed by atoms with Gasteiger partial charge in [0.1, 0.15) is 17.4 Å². The Balaban J connectivity index is 2.38. The fraction of sp³-hybridized carbons (Fsp3) is 0.588. The van der Waals surface area contributed by atoms with E-state index >= 15 is 0 Å². The number of nitrogens with one attached hydrogen (secondary N) is 1. The maximum Gasteiger partial charge on any atom is 0.327 e. The van der Waals surface area contributed by atoms with Crippen molar-refractivity contribution >= 4 is 5.97 Å². The van der Waals surface area contributed by atoms with Crippen LogP contribution in [0.4, 0.5) is 0 Å². The smallest absolute Gasteiger partial charge is 0.327 e. The summed E-state index contributed by atoms with van der Waals surface area (Å²) in [6.45, 7) is 8.27. The largest absolute Gasteiger partial charge is 0.487 e. The third-order valence-corrected chi connectivity index (χ3v) is 3.93. The first kappa shape index (κ1) is 15.8. The van der Waals surface area contributed by atoms with Gasteiger partial charge < -0.3 is 9.47 Å². The van der Waals surface area contributed by atoms with Gasteiger partial charge in [0, 0.05) is 18.0 Å². The van der Waals surface area contributed by atoms with Gasteiger partial charge in [-0.1, -0.05) is 25.1 Å². The van der Waals surface area contributed by atoms with Crippen LogP contribution in [0.15, 0.2) is 18.2 Å². The van der Waals surface area contributed by atoms with Crippen LogP contribution in [-0.2, 0) is 16.0 Å². The van der Waals surface area contributed by atoms with Crippen molar-refractivity contribution in [2.75, 3.05) is 7.11 Å². The van der Waals surface area contributed by atoms with Crippen LogP contribution in [0.3, 0.4) is 0 Å². The minimum Gasteiger partial charge on any atom is -0.487 e. The Hall–Kier alpha value is -1.55. The zero-order valence-corrected chi connectivity index (χ0v) is 13.5. The molecule has 0 amide bonds. The van der Waals surface area contributed by atoms with Crippen LogP contribution in [-0.4, -0.2) is 24.7 Å². The lowest BCUT2D eigenvalue weighted by Gasteiger charge is -2.24. The van der Waals surface area contributed by atoms with Crippen molar-refractivity contribution < 1.29 is 14.3 Å². The first-order chi connectivity index (χ1) is 9.88. The van der Waals surface area contributed by atoms with Gasteiger partial charge in [0.25, 0.3) is 0 Å². The maximum atomic E-state index is 12.2. The van der Waals surface area contributed by atoms with Gasteiger partial charge in [0.05, 0.1) is 7.11 Å². The van der Waals surface area contributed by atoms with E-state index in [1.54, 1.807) is 0 Å². The van der Waals surface area contributed by atoms with Crippen molar-refractivity contribution in [1.82, 2.24) is 5.32 Å². The van der Waals surface area contributed by atoms with E-state index in [-0.39, 0.29) is 17.6 Å². The molecule has 2 rings (SSSR count). The Labute approximate surface area is 126 Å². The van der Waals surface area contributed by atoms with Crippen LogP contribution in [0.1, 0.15) is 51.3 Å². The molecule has 2 atom stereocenters. The Kier molecular flexibility index (Phi) is 4.57. The standard InChI is InChI=1S/C17H25NO3/c1-6-11(2)18-14(16(19)20-5)13-9-7-8-12-10-17(3,4)21-15(12)13/h7-9,11,14,18H,6,10H2,1-5H3. The summed E-state index contributed by atoms with van der Waals surface area (Å²) in [5.41, 5.74) is 1.79. The van der Waals surface area contributed by atoms with E-state index < -0.39 is 6.04 Å². The van der Waals surface area contributed by atoms with Gasteiger partial charge >= 0.3 is 5.97 Å². The Morgan fingerprint density at radius 3 is 2.81 bits per heavy atom. The summed E-state index contributed by atoms with van der Waals surface area (Å²) in [4.78, 5) is 12.2. The highest BCUT2D eigenvalue weighted by atomic mass is 16.5. The second kappa shape index (κ2) is 6.06. The fourth-order valence-electron chi connectivity index (χ4n) is 2.67. The molecule has 21 heavy (non-hydrogen) atoms. The summed E-state index contributed by atoms with van der Waals surface area (Å²) >= 11 is 0. The molecule has 0 fully saturated rings. The number of ether oxygens (including phenoxy) is 2. The Bertz CT molecular complexity index is 525.